The number of benzene rings is 2. The Morgan fingerprint density at radius 1 is 0.875 bits per heavy atom. The molecule has 0 atom stereocenters. The molecule has 0 fully saturated rings. The molecule has 0 nitrogen and oxygen atoms in total. The molecule has 2 aromatic carbocycles. The van der Waals surface area contributed by atoms with E-state index < -0.39 is 0 Å². The largest absolute Gasteiger partial charge is 0.0622 e. The van der Waals surface area contributed by atoms with Gasteiger partial charge in [-0.05, 0) is 48.2 Å². The van der Waals surface area contributed by atoms with Crippen LogP contribution in [0.15, 0.2) is 59.5 Å². The predicted molar refractivity (Wildman–Crippen MR) is 70.4 cm³/mol. The van der Waals surface area contributed by atoms with Crippen LogP contribution >= 0.6 is 11.8 Å². The van der Waals surface area contributed by atoms with Crippen LogP contribution in [0.2, 0.25) is 0 Å². The first kappa shape index (κ1) is 10.9. The monoisotopic (exact) mass is 224 g/mol. The molecule has 0 amide bonds. The highest BCUT2D eigenvalue weighted by Gasteiger charge is 1.89. The van der Waals surface area contributed by atoms with E-state index in [4.69, 9.17) is 0 Å². The van der Waals surface area contributed by atoms with Gasteiger partial charge in [-0.15, -0.1) is 0 Å². The summed E-state index contributed by atoms with van der Waals surface area (Å²) in [5.41, 5.74) is 2.34. The van der Waals surface area contributed by atoms with E-state index in [0.717, 1.165) is 5.56 Å². The second-order valence-corrected chi connectivity index (χ2v) is 4.39. The quantitative estimate of drug-likeness (QED) is 0.519. The Hall–Kier alpha value is -1.65. The van der Waals surface area contributed by atoms with Crippen LogP contribution < -0.4 is 0 Å². The maximum atomic E-state index is 3.12. The van der Waals surface area contributed by atoms with Crippen molar-refractivity contribution in [1.29, 1.82) is 0 Å². The Kier molecular flexibility index (Phi) is 3.69. The van der Waals surface area contributed by atoms with Gasteiger partial charge in [0.2, 0.25) is 0 Å². The zero-order chi connectivity index (χ0) is 11.2. The molecule has 0 radical (unpaired) electrons. The third-order valence-electron chi connectivity index (χ3n) is 2.16. The summed E-state index contributed by atoms with van der Waals surface area (Å²) in [4.78, 5) is 1.19. The highest BCUT2D eigenvalue weighted by molar-refractivity contribution is 8.03. The Morgan fingerprint density at radius 2 is 1.56 bits per heavy atom. The van der Waals surface area contributed by atoms with Crippen LogP contribution in [-0.2, 0) is 0 Å². The van der Waals surface area contributed by atoms with E-state index in [9.17, 15) is 0 Å². The van der Waals surface area contributed by atoms with Crippen LogP contribution in [0.4, 0.5) is 0 Å². The van der Waals surface area contributed by atoms with Gasteiger partial charge in [-0.1, -0.05) is 41.8 Å². The summed E-state index contributed by atoms with van der Waals surface area (Å²) in [5.74, 6) is 3.12. The molecule has 78 valence electrons. The SMILES string of the molecule is Cc1ccc(SC#Cc2ccccc2)cc1. The Bertz CT molecular complexity index is 501. The lowest BCUT2D eigenvalue weighted by Gasteiger charge is -1.94. The van der Waals surface area contributed by atoms with Crippen molar-refractivity contribution in [3.8, 4) is 11.2 Å². The fraction of sp³-hybridized carbons (Fsp3) is 0.0667. The van der Waals surface area contributed by atoms with Gasteiger partial charge in [-0.3, -0.25) is 0 Å². The first-order chi connectivity index (χ1) is 7.84. The summed E-state index contributed by atoms with van der Waals surface area (Å²) in [7, 11) is 0. The van der Waals surface area contributed by atoms with Gasteiger partial charge in [0, 0.05) is 10.5 Å². The maximum Gasteiger partial charge on any atom is 0.0254 e. The van der Waals surface area contributed by atoms with Crippen LogP contribution in [-0.4, -0.2) is 0 Å². The molecule has 0 saturated heterocycles. The van der Waals surface area contributed by atoms with Crippen LogP contribution in [0.3, 0.4) is 0 Å². The number of thioether (sulfide) groups is 1. The minimum absolute atomic E-state index is 1.06. The zero-order valence-electron chi connectivity index (χ0n) is 9.10. The molecule has 0 aliphatic heterocycles. The van der Waals surface area contributed by atoms with E-state index >= 15 is 0 Å². The van der Waals surface area contributed by atoms with Gasteiger partial charge < -0.3 is 0 Å². The summed E-state index contributed by atoms with van der Waals surface area (Å²) >= 11 is 1.56. The molecule has 16 heavy (non-hydrogen) atoms. The van der Waals surface area contributed by atoms with Crippen LogP contribution in [0.5, 0.6) is 0 Å². The standard InChI is InChI=1S/C15H12S/c1-13-7-9-15(10-8-13)16-12-11-14-5-3-2-4-6-14/h2-10H,1H3. The zero-order valence-corrected chi connectivity index (χ0v) is 9.92. The van der Waals surface area contributed by atoms with Crippen LogP contribution in [0.1, 0.15) is 11.1 Å². The molecular weight excluding hydrogens is 212 g/mol. The molecule has 2 aromatic rings. The van der Waals surface area contributed by atoms with Crippen molar-refractivity contribution in [3.63, 3.8) is 0 Å². The van der Waals surface area contributed by atoms with E-state index in [-0.39, 0.29) is 0 Å². The van der Waals surface area contributed by atoms with Crippen molar-refractivity contribution < 1.29 is 0 Å². The van der Waals surface area contributed by atoms with Gasteiger partial charge in [0.25, 0.3) is 0 Å². The van der Waals surface area contributed by atoms with Gasteiger partial charge in [0.1, 0.15) is 0 Å². The molecule has 0 aliphatic rings. The molecule has 0 N–H and O–H groups in total. The number of aryl methyl sites for hydroxylation is 1. The van der Waals surface area contributed by atoms with Gasteiger partial charge >= 0.3 is 0 Å². The van der Waals surface area contributed by atoms with E-state index in [1.807, 2.05) is 30.3 Å². The number of hydrogen-bond acceptors (Lipinski definition) is 1. The minimum atomic E-state index is 1.06. The smallest absolute Gasteiger partial charge is 0.0254 e. The first-order valence-electron chi connectivity index (χ1n) is 5.14. The fourth-order valence-electron chi connectivity index (χ4n) is 1.27. The molecule has 1 heteroatoms. The van der Waals surface area contributed by atoms with E-state index in [0.29, 0.717) is 0 Å². The summed E-state index contributed by atoms with van der Waals surface area (Å²) in [6.07, 6.45) is 0. The molecule has 0 spiro atoms. The Balaban J connectivity index is 2.03. The van der Waals surface area contributed by atoms with Crippen molar-refractivity contribution in [3.05, 3.63) is 65.7 Å². The second kappa shape index (κ2) is 5.44. The van der Waals surface area contributed by atoms with E-state index in [2.05, 4.69) is 42.4 Å². The van der Waals surface area contributed by atoms with Gasteiger partial charge in [0.15, 0.2) is 0 Å². The highest BCUT2D eigenvalue weighted by Crippen LogP contribution is 2.16. The van der Waals surface area contributed by atoms with Crippen LogP contribution in [0.25, 0.3) is 0 Å². The predicted octanol–water partition coefficient (Wildman–Crippen LogP) is 4.10. The number of rotatable bonds is 1. The average molecular weight is 224 g/mol. The topological polar surface area (TPSA) is 0 Å². The lowest BCUT2D eigenvalue weighted by molar-refractivity contribution is 1.38. The lowest BCUT2D eigenvalue weighted by Crippen LogP contribution is -1.72. The van der Waals surface area contributed by atoms with Gasteiger partial charge in [-0.2, -0.15) is 0 Å². The summed E-state index contributed by atoms with van der Waals surface area (Å²) < 4.78 is 0. The Labute approximate surface area is 101 Å². The van der Waals surface area contributed by atoms with E-state index in [1.54, 1.807) is 11.8 Å². The molecule has 0 aliphatic carbocycles. The van der Waals surface area contributed by atoms with Crippen LogP contribution in [0, 0.1) is 18.1 Å². The average Bonchev–Trinajstić information content (AvgIpc) is 2.33. The first-order valence-corrected chi connectivity index (χ1v) is 5.96. The van der Waals surface area contributed by atoms with Gasteiger partial charge in [-0.25, -0.2) is 0 Å². The third-order valence-corrected chi connectivity index (χ3v) is 2.87. The van der Waals surface area contributed by atoms with Crippen molar-refractivity contribution in [2.24, 2.45) is 0 Å². The van der Waals surface area contributed by atoms with Crippen molar-refractivity contribution in [1.82, 2.24) is 0 Å². The molecule has 0 heterocycles. The maximum absolute atomic E-state index is 3.12. The fourth-order valence-corrected chi connectivity index (χ4v) is 1.83. The van der Waals surface area contributed by atoms with Crippen molar-refractivity contribution in [2.75, 3.05) is 0 Å². The third kappa shape index (κ3) is 3.18. The Morgan fingerprint density at radius 3 is 2.25 bits per heavy atom. The highest BCUT2D eigenvalue weighted by atomic mass is 32.2. The summed E-state index contributed by atoms with van der Waals surface area (Å²) in [6.45, 7) is 2.09. The molecule has 0 unspecified atom stereocenters. The molecular formula is C15H12S. The molecule has 2 rings (SSSR count). The van der Waals surface area contributed by atoms with Crippen molar-refractivity contribution in [2.45, 2.75) is 11.8 Å². The van der Waals surface area contributed by atoms with E-state index in [1.165, 1.54) is 10.5 Å². The lowest BCUT2D eigenvalue weighted by atomic mass is 10.2. The normalized spacial score (nSPS) is 9.31. The van der Waals surface area contributed by atoms with Crippen molar-refractivity contribution >= 4 is 11.8 Å². The van der Waals surface area contributed by atoms with Gasteiger partial charge in [0.05, 0.1) is 0 Å². The summed E-state index contributed by atoms with van der Waals surface area (Å²) in [5, 5.41) is 3.10. The number of hydrogen-bond donors (Lipinski definition) is 0. The molecule has 0 aromatic heterocycles. The molecule has 0 bridgehead atoms. The molecule has 0 saturated carbocycles. The minimum Gasteiger partial charge on any atom is -0.0622 e. The second-order valence-electron chi connectivity index (χ2n) is 3.51. The summed E-state index contributed by atoms with van der Waals surface area (Å²) in [6, 6.07) is 18.4.